The molecule has 0 unspecified atom stereocenters. The molecule has 0 saturated carbocycles. The minimum absolute atomic E-state index is 0.0883. The normalized spacial score (nSPS) is 12.2. The fraction of sp³-hybridized carbons (Fsp3) is 0.208. The van der Waals surface area contributed by atoms with Gasteiger partial charge < -0.3 is 10.1 Å². The maximum Gasteiger partial charge on any atom is 0.242 e. The molecule has 0 heterocycles. The summed E-state index contributed by atoms with van der Waals surface area (Å²) in [4.78, 5) is 13.0. The Morgan fingerprint density at radius 2 is 1.82 bits per heavy atom. The zero-order valence-corrected chi connectivity index (χ0v) is 19.7. The van der Waals surface area contributed by atoms with Gasteiger partial charge in [0, 0.05) is 5.69 Å². The highest BCUT2D eigenvalue weighted by atomic mass is 35.5. The Hall–Kier alpha value is -2.94. The number of ether oxygens (including phenoxy) is 1. The lowest BCUT2D eigenvalue weighted by molar-refractivity contribution is -0.117. The van der Waals surface area contributed by atoms with E-state index in [9.17, 15) is 17.6 Å². The monoisotopic (exact) mass is 490 g/mol. The number of nitrogens with one attached hydrogen (secondary N) is 2. The van der Waals surface area contributed by atoms with Crippen LogP contribution in [0.1, 0.15) is 18.1 Å². The third-order valence-corrected chi connectivity index (χ3v) is 6.63. The van der Waals surface area contributed by atoms with Crippen molar-refractivity contribution in [3.63, 3.8) is 0 Å². The topological polar surface area (TPSA) is 84.5 Å². The van der Waals surface area contributed by atoms with Crippen molar-refractivity contribution in [3.8, 4) is 5.75 Å². The van der Waals surface area contributed by atoms with Crippen molar-refractivity contribution in [1.82, 2.24) is 4.72 Å². The molecule has 3 rings (SSSR count). The minimum atomic E-state index is -4.11. The van der Waals surface area contributed by atoms with Gasteiger partial charge in [0.1, 0.15) is 17.6 Å². The molecule has 1 amide bonds. The van der Waals surface area contributed by atoms with Crippen LogP contribution < -0.4 is 14.8 Å². The Bertz CT molecular complexity index is 1240. The standard InChI is InChI=1S/C24H24ClFN2O4S/c1-3-32-23-12-11-19(15-20(23)25)33(30,31)28-22(13-17-7-5-4-6-8-17)24(29)27-21-14-18(26)10-9-16(21)2/h4-12,14-15,22,28H,3,13H2,1-2H3,(H,27,29)/t22-/m1/s1. The van der Waals surface area contributed by atoms with Gasteiger partial charge in [-0.1, -0.05) is 48.0 Å². The fourth-order valence-electron chi connectivity index (χ4n) is 3.16. The second-order valence-corrected chi connectivity index (χ2v) is 9.46. The van der Waals surface area contributed by atoms with Gasteiger partial charge in [0.2, 0.25) is 15.9 Å². The molecule has 0 saturated heterocycles. The molecule has 0 bridgehead atoms. The molecule has 0 aromatic heterocycles. The number of halogens is 2. The molecule has 2 N–H and O–H groups in total. The molecule has 3 aromatic carbocycles. The number of benzene rings is 3. The van der Waals surface area contributed by atoms with E-state index in [0.717, 1.165) is 5.56 Å². The lowest BCUT2D eigenvalue weighted by Gasteiger charge is -2.20. The van der Waals surface area contributed by atoms with E-state index in [-0.39, 0.29) is 22.0 Å². The molecule has 0 aliphatic rings. The highest BCUT2D eigenvalue weighted by Crippen LogP contribution is 2.27. The average Bonchev–Trinajstić information content (AvgIpc) is 2.78. The molecule has 33 heavy (non-hydrogen) atoms. The van der Waals surface area contributed by atoms with Crippen LogP contribution in [0.5, 0.6) is 5.75 Å². The van der Waals surface area contributed by atoms with Crippen LogP contribution in [-0.2, 0) is 21.2 Å². The van der Waals surface area contributed by atoms with Crippen LogP contribution in [0.3, 0.4) is 0 Å². The van der Waals surface area contributed by atoms with Crippen molar-refractivity contribution in [3.05, 3.63) is 88.7 Å². The maximum atomic E-state index is 13.7. The van der Waals surface area contributed by atoms with Crippen molar-refractivity contribution < 1.29 is 22.3 Å². The summed E-state index contributed by atoms with van der Waals surface area (Å²) in [6.45, 7) is 3.88. The third-order valence-electron chi connectivity index (χ3n) is 4.87. The van der Waals surface area contributed by atoms with Gasteiger partial charge in [0.05, 0.1) is 16.5 Å². The van der Waals surface area contributed by atoms with E-state index in [1.165, 1.54) is 36.4 Å². The zero-order chi connectivity index (χ0) is 24.0. The Balaban J connectivity index is 1.89. The van der Waals surface area contributed by atoms with E-state index in [2.05, 4.69) is 10.0 Å². The van der Waals surface area contributed by atoms with E-state index in [1.807, 2.05) is 6.07 Å². The Morgan fingerprint density at radius 1 is 1.09 bits per heavy atom. The second kappa shape index (κ2) is 10.8. The van der Waals surface area contributed by atoms with E-state index < -0.39 is 27.8 Å². The summed E-state index contributed by atoms with van der Waals surface area (Å²) in [5, 5.41) is 2.77. The molecule has 0 aliphatic carbocycles. The van der Waals surface area contributed by atoms with Gasteiger partial charge in [-0.05, 0) is 61.7 Å². The Labute approximate surface area is 197 Å². The number of rotatable bonds is 9. The molecule has 1 atom stereocenters. The largest absolute Gasteiger partial charge is 0.492 e. The maximum absolute atomic E-state index is 13.7. The van der Waals surface area contributed by atoms with Crippen molar-refractivity contribution in [2.45, 2.75) is 31.2 Å². The first-order valence-electron chi connectivity index (χ1n) is 10.2. The predicted octanol–water partition coefficient (Wildman–Crippen LogP) is 4.71. The molecule has 9 heteroatoms. The summed E-state index contributed by atoms with van der Waals surface area (Å²) in [7, 11) is -4.11. The van der Waals surface area contributed by atoms with Crippen molar-refractivity contribution in [2.24, 2.45) is 0 Å². The van der Waals surface area contributed by atoms with Gasteiger partial charge in [-0.15, -0.1) is 0 Å². The van der Waals surface area contributed by atoms with Gasteiger partial charge in [-0.2, -0.15) is 4.72 Å². The van der Waals surface area contributed by atoms with Crippen LogP contribution in [0, 0.1) is 12.7 Å². The first-order valence-corrected chi connectivity index (χ1v) is 12.1. The van der Waals surface area contributed by atoms with E-state index in [4.69, 9.17) is 16.3 Å². The average molecular weight is 491 g/mol. The van der Waals surface area contributed by atoms with Gasteiger partial charge in [0.25, 0.3) is 0 Å². The first-order chi connectivity index (χ1) is 15.7. The van der Waals surface area contributed by atoms with Crippen LogP contribution in [0.2, 0.25) is 5.02 Å². The number of carbonyl (C=O) groups excluding carboxylic acids is 1. The van der Waals surface area contributed by atoms with Gasteiger partial charge in [-0.3, -0.25) is 4.79 Å². The summed E-state index contributed by atoms with van der Waals surface area (Å²) in [6.07, 6.45) is 0.0883. The zero-order valence-electron chi connectivity index (χ0n) is 18.1. The fourth-order valence-corrected chi connectivity index (χ4v) is 4.68. The van der Waals surface area contributed by atoms with Crippen LogP contribution in [-0.4, -0.2) is 27.0 Å². The first kappa shape index (κ1) is 24.7. The molecule has 3 aromatic rings. The summed E-state index contributed by atoms with van der Waals surface area (Å²) >= 11 is 6.15. The summed E-state index contributed by atoms with van der Waals surface area (Å²) in [6, 6.07) is 15.9. The Kier molecular flexibility index (Phi) is 8.07. The van der Waals surface area contributed by atoms with Gasteiger partial charge in [0.15, 0.2) is 0 Å². The summed E-state index contributed by atoms with van der Waals surface area (Å²) in [5.41, 5.74) is 1.66. The number of carbonyl (C=O) groups is 1. The smallest absolute Gasteiger partial charge is 0.242 e. The van der Waals surface area contributed by atoms with Crippen molar-refractivity contribution in [2.75, 3.05) is 11.9 Å². The lowest BCUT2D eigenvalue weighted by atomic mass is 10.1. The van der Waals surface area contributed by atoms with Crippen LogP contribution in [0.4, 0.5) is 10.1 Å². The van der Waals surface area contributed by atoms with Crippen LogP contribution >= 0.6 is 11.6 Å². The van der Waals surface area contributed by atoms with Crippen molar-refractivity contribution >= 4 is 33.2 Å². The Morgan fingerprint density at radius 3 is 2.48 bits per heavy atom. The number of amides is 1. The molecule has 174 valence electrons. The summed E-state index contributed by atoms with van der Waals surface area (Å²) in [5.74, 6) is -0.772. The molecule has 0 aliphatic heterocycles. The highest BCUT2D eigenvalue weighted by Gasteiger charge is 2.27. The number of sulfonamides is 1. The highest BCUT2D eigenvalue weighted by molar-refractivity contribution is 7.89. The lowest BCUT2D eigenvalue weighted by Crippen LogP contribution is -2.45. The quantitative estimate of drug-likeness (QED) is 0.454. The third kappa shape index (κ3) is 6.54. The minimum Gasteiger partial charge on any atom is -0.492 e. The van der Waals surface area contributed by atoms with Gasteiger partial charge >= 0.3 is 0 Å². The second-order valence-electron chi connectivity index (χ2n) is 7.34. The SMILES string of the molecule is CCOc1ccc(S(=O)(=O)N[C@H](Cc2ccccc2)C(=O)Nc2cc(F)ccc2C)cc1Cl. The molecule has 6 nitrogen and oxygen atoms in total. The van der Waals surface area contributed by atoms with E-state index in [0.29, 0.717) is 17.9 Å². The van der Waals surface area contributed by atoms with Crippen LogP contribution in [0.25, 0.3) is 0 Å². The number of aryl methyl sites for hydroxylation is 1. The predicted molar refractivity (Wildman–Crippen MR) is 127 cm³/mol. The number of anilines is 1. The molecule has 0 radical (unpaired) electrons. The molecular formula is C24H24ClFN2O4S. The number of hydrogen-bond acceptors (Lipinski definition) is 4. The molecule has 0 fully saturated rings. The van der Waals surface area contributed by atoms with Crippen LogP contribution in [0.15, 0.2) is 71.6 Å². The molecular weight excluding hydrogens is 467 g/mol. The number of hydrogen-bond donors (Lipinski definition) is 2. The van der Waals surface area contributed by atoms with E-state index >= 15 is 0 Å². The van der Waals surface area contributed by atoms with Gasteiger partial charge in [-0.25, -0.2) is 12.8 Å². The van der Waals surface area contributed by atoms with E-state index in [1.54, 1.807) is 38.1 Å². The summed E-state index contributed by atoms with van der Waals surface area (Å²) < 4.78 is 47.6. The van der Waals surface area contributed by atoms with Crippen molar-refractivity contribution in [1.29, 1.82) is 0 Å². The molecule has 0 spiro atoms.